The fourth-order valence-corrected chi connectivity index (χ4v) is 1.05. The fraction of sp³-hybridized carbons (Fsp3) is 0.857. The van der Waals surface area contributed by atoms with Crippen molar-refractivity contribution in [3.8, 4) is 0 Å². The largest absolute Gasteiger partial charge is 0.481 e. The Morgan fingerprint density at radius 1 is 1.70 bits per heavy atom. The number of hydrogen-bond acceptors (Lipinski definition) is 2. The summed E-state index contributed by atoms with van der Waals surface area (Å²) >= 11 is 0. The Morgan fingerprint density at radius 2 is 2.30 bits per heavy atom. The maximum Gasteiger partial charge on any atom is 0.303 e. The van der Waals surface area contributed by atoms with Crippen molar-refractivity contribution < 1.29 is 9.90 Å². The fourth-order valence-electron chi connectivity index (χ4n) is 1.05. The smallest absolute Gasteiger partial charge is 0.303 e. The third-order valence-corrected chi connectivity index (χ3v) is 1.92. The summed E-state index contributed by atoms with van der Waals surface area (Å²) in [5.74, 6) is -0.115. The van der Waals surface area contributed by atoms with Crippen LogP contribution in [-0.2, 0) is 4.79 Å². The molecule has 0 amide bonds. The zero-order valence-electron chi connectivity index (χ0n) is 5.92. The topological polar surface area (TPSA) is 63.3 Å². The van der Waals surface area contributed by atoms with Gasteiger partial charge in [0.1, 0.15) is 0 Å². The highest BCUT2D eigenvalue weighted by atomic mass is 16.4. The molecule has 58 valence electrons. The maximum absolute atomic E-state index is 10.1. The van der Waals surface area contributed by atoms with Gasteiger partial charge in [0.15, 0.2) is 0 Å². The average Bonchev–Trinajstić information content (AvgIpc) is 2.63. The van der Waals surface area contributed by atoms with Gasteiger partial charge in [0, 0.05) is 12.5 Å². The van der Waals surface area contributed by atoms with Crippen LogP contribution in [0.4, 0.5) is 0 Å². The van der Waals surface area contributed by atoms with Gasteiger partial charge in [0.05, 0.1) is 0 Å². The Hall–Kier alpha value is -0.570. The quantitative estimate of drug-likeness (QED) is 0.605. The molecule has 1 aliphatic rings. The molecule has 1 fully saturated rings. The van der Waals surface area contributed by atoms with Gasteiger partial charge < -0.3 is 10.8 Å². The highest BCUT2D eigenvalue weighted by Gasteiger charge is 2.28. The SMILES string of the molecule is NC(CCC(=O)O)C1CC1. The summed E-state index contributed by atoms with van der Waals surface area (Å²) in [5.41, 5.74) is 5.66. The van der Waals surface area contributed by atoms with Crippen molar-refractivity contribution in [2.24, 2.45) is 11.7 Å². The molecule has 10 heavy (non-hydrogen) atoms. The van der Waals surface area contributed by atoms with Gasteiger partial charge in [-0.3, -0.25) is 4.79 Å². The molecule has 1 saturated carbocycles. The van der Waals surface area contributed by atoms with E-state index in [-0.39, 0.29) is 12.5 Å². The number of aliphatic carboxylic acids is 1. The Labute approximate surface area is 60.2 Å². The minimum Gasteiger partial charge on any atom is -0.481 e. The molecule has 0 spiro atoms. The van der Waals surface area contributed by atoms with Gasteiger partial charge in [-0.1, -0.05) is 0 Å². The summed E-state index contributed by atoms with van der Waals surface area (Å²) in [4.78, 5) is 10.1. The molecule has 0 aromatic heterocycles. The van der Waals surface area contributed by atoms with Crippen LogP contribution in [0.15, 0.2) is 0 Å². The van der Waals surface area contributed by atoms with Crippen LogP contribution in [0, 0.1) is 5.92 Å². The molecule has 0 aromatic rings. The normalized spacial score (nSPS) is 20.5. The van der Waals surface area contributed by atoms with E-state index in [1.165, 1.54) is 12.8 Å². The molecule has 1 unspecified atom stereocenters. The van der Waals surface area contributed by atoms with Gasteiger partial charge in [-0.15, -0.1) is 0 Å². The second kappa shape index (κ2) is 3.01. The van der Waals surface area contributed by atoms with Gasteiger partial charge in [-0.05, 0) is 25.2 Å². The summed E-state index contributed by atoms with van der Waals surface area (Å²) in [6, 6.07) is 0.135. The van der Waals surface area contributed by atoms with Gasteiger partial charge in [-0.25, -0.2) is 0 Å². The lowest BCUT2D eigenvalue weighted by Gasteiger charge is -2.06. The van der Waals surface area contributed by atoms with Crippen molar-refractivity contribution in [3.63, 3.8) is 0 Å². The third kappa shape index (κ3) is 2.35. The molecule has 3 heteroatoms. The second-order valence-electron chi connectivity index (χ2n) is 2.93. The molecule has 3 N–H and O–H groups in total. The van der Waals surface area contributed by atoms with Gasteiger partial charge >= 0.3 is 5.97 Å². The second-order valence-corrected chi connectivity index (χ2v) is 2.93. The standard InChI is InChI=1S/C7H13NO2/c8-6(5-1-2-5)3-4-7(9)10/h5-6H,1-4,8H2,(H,9,10). The molecule has 0 radical (unpaired) electrons. The van der Waals surface area contributed by atoms with Crippen LogP contribution in [0.5, 0.6) is 0 Å². The predicted molar refractivity (Wildman–Crippen MR) is 37.6 cm³/mol. The lowest BCUT2D eigenvalue weighted by molar-refractivity contribution is -0.137. The Bertz CT molecular complexity index is 132. The Kier molecular flexibility index (Phi) is 2.27. The number of carbonyl (C=O) groups is 1. The zero-order valence-corrected chi connectivity index (χ0v) is 5.92. The Balaban J connectivity index is 2.05. The minimum absolute atomic E-state index is 0.135. The first-order chi connectivity index (χ1) is 4.70. The van der Waals surface area contributed by atoms with Crippen LogP contribution in [0.1, 0.15) is 25.7 Å². The molecule has 0 bridgehead atoms. The van der Waals surface area contributed by atoms with E-state index in [4.69, 9.17) is 10.8 Å². The van der Waals surface area contributed by atoms with Crippen molar-refractivity contribution in [1.29, 1.82) is 0 Å². The first-order valence-electron chi connectivity index (χ1n) is 3.67. The number of carboxylic acids is 1. The van der Waals surface area contributed by atoms with Crippen LogP contribution in [0.3, 0.4) is 0 Å². The van der Waals surface area contributed by atoms with Crippen LogP contribution >= 0.6 is 0 Å². The van der Waals surface area contributed by atoms with Crippen LogP contribution in [0.25, 0.3) is 0 Å². The molecule has 1 atom stereocenters. The van der Waals surface area contributed by atoms with E-state index in [9.17, 15) is 4.79 Å². The van der Waals surface area contributed by atoms with Crippen molar-refractivity contribution in [3.05, 3.63) is 0 Å². The van der Waals surface area contributed by atoms with Gasteiger partial charge in [0.2, 0.25) is 0 Å². The number of nitrogens with two attached hydrogens (primary N) is 1. The van der Waals surface area contributed by atoms with Crippen LogP contribution < -0.4 is 5.73 Å². The predicted octanol–water partition coefficient (Wildman–Crippen LogP) is 0.588. The number of rotatable bonds is 4. The molecular formula is C7H13NO2. The van der Waals surface area contributed by atoms with E-state index < -0.39 is 5.97 Å². The highest BCUT2D eigenvalue weighted by Crippen LogP contribution is 2.33. The monoisotopic (exact) mass is 143 g/mol. The molecule has 0 aliphatic heterocycles. The van der Waals surface area contributed by atoms with Crippen LogP contribution in [0.2, 0.25) is 0 Å². The van der Waals surface area contributed by atoms with E-state index in [0.29, 0.717) is 12.3 Å². The number of hydrogen-bond donors (Lipinski definition) is 2. The van der Waals surface area contributed by atoms with E-state index in [1.54, 1.807) is 0 Å². The third-order valence-electron chi connectivity index (χ3n) is 1.92. The summed E-state index contributed by atoms with van der Waals surface area (Å²) < 4.78 is 0. The average molecular weight is 143 g/mol. The van der Waals surface area contributed by atoms with Crippen molar-refractivity contribution in [2.45, 2.75) is 31.7 Å². The summed E-state index contributed by atoms with van der Waals surface area (Å²) in [5, 5.41) is 8.31. The summed E-state index contributed by atoms with van der Waals surface area (Å²) in [6.45, 7) is 0. The maximum atomic E-state index is 10.1. The molecule has 3 nitrogen and oxygen atoms in total. The van der Waals surface area contributed by atoms with E-state index in [1.807, 2.05) is 0 Å². The summed E-state index contributed by atoms with van der Waals surface area (Å²) in [7, 11) is 0. The molecule has 0 aromatic carbocycles. The molecule has 1 aliphatic carbocycles. The highest BCUT2D eigenvalue weighted by molar-refractivity contribution is 5.66. The van der Waals surface area contributed by atoms with Crippen molar-refractivity contribution >= 4 is 5.97 Å². The van der Waals surface area contributed by atoms with Crippen LogP contribution in [-0.4, -0.2) is 17.1 Å². The molecule has 1 rings (SSSR count). The minimum atomic E-state index is -0.740. The lowest BCUT2D eigenvalue weighted by Crippen LogP contribution is -2.23. The lowest BCUT2D eigenvalue weighted by atomic mass is 10.1. The van der Waals surface area contributed by atoms with Gasteiger partial charge in [0.25, 0.3) is 0 Å². The zero-order chi connectivity index (χ0) is 7.56. The number of carboxylic acid groups (broad SMARTS) is 1. The molecular weight excluding hydrogens is 130 g/mol. The van der Waals surface area contributed by atoms with E-state index in [2.05, 4.69) is 0 Å². The summed E-state index contributed by atoms with van der Waals surface area (Å²) in [6.07, 6.45) is 3.25. The van der Waals surface area contributed by atoms with E-state index in [0.717, 1.165) is 0 Å². The first-order valence-corrected chi connectivity index (χ1v) is 3.67. The Morgan fingerprint density at radius 3 is 2.70 bits per heavy atom. The molecule has 0 heterocycles. The first kappa shape index (κ1) is 7.54. The van der Waals surface area contributed by atoms with Crippen molar-refractivity contribution in [2.75, 3.05) is 0 Å². The van der Waals surface area contributed by atoms with E-state index >= 15 is 0 Å². The molecule has 0 saturated heterocycles. The van der Waals surface area contributed by atoms with Crippen molar-refractivity contribution in [1.82, 2.24) is 0 Å². The van der Waals surface area contributed by atoms with Gasteiger partial charge in [-0.2, -0.15) is 0 Å².